The number of carbonyl (C=O) groups excluding carboxylic acids is 2. The minimum Gasteiger partial charge on any atom is -0.375 e. The third-order valence-corrected chi connectivity index (χ3v) is 4.18. The Morgan fingerprint density at radius 3 is 2.64 bits per heavy atom. The van der Waals surface area contributed by atoms with E-state index in [4.69, 9.17) is 4.74 Å². The van der Waals surface area contributed by atoms with Crippen LogP contribution in [0.25, 0.3) is 0 Å². The molecule has 25 heavy (non-hydrogen) atoms. The number of nitrogens with zero attached hydrogens (tertiary/aromatic N) is 1. The number of rotatable bonds is 3. The van der Waals surface area contributed by atoms with E-state index in [-0.39, 0.29) is 17.9 Å². The summed E-state index contributed by atoms with van der Waals surface area (Å²) in [5, 5.41) is 2.86. The smallest absolute Gasteiger partial charge is 0.255 e. The van der Waals surface area contributed by atoms with Crippen molar-refractivity contribution in [3.05, 3.63) is 65.2 Å². The maximum atomic E-state index is 12.7. The van der Waals surface area contributed by atoms with Gasteiger partial charge in [-0.3, -0.25) is 9.59 Å². The maximum absolute atomic E-state index is 12.7. The van der Waals surface area contributed by atoms with E-state index in [2.05, 4.69) is 5.32 Å². The van der Waals surface area contributed by atoms with Crippen molar-refractivity contribution in [2.75, 3.05) is 25.0 Å². The summed E-state index contributed by atoms with van der Waals surface area (Å²) in [4.78, 5) is 26.8. The Bertz CT molecular complexity index is 788. The molecule has 0 bridgehead atoms. The van der Waals surface area contributed by atoms with Crippen molar-refractivity contribution in [1.29, 1.82) is 0 Å². The van der Waals surface area contributed by atoms with E-state index in [0.717, 1.165) is 5.56 Å². The highest BCUT2D eigenvalue weighted by atomic mass is 16.5. The van der Waals surface area contributed by atoms with Crippen LogP contribution in [-0.2, 0) is 4.74 Å². The fourth-order valence-electron chi connectivity index (χ4n) is 2.91. The van der Waals surface area contributed by atoms with Gasteiger partial charge in [-0.05, 0) is 44.2 Å². The van der Waals surface area contributed by atoms with E-state index in [0.29, 0.717) is 36.5 Å². The average Bonchev–Trinajstić information content (AvgIpc) is 2.61. The molecule has 0 radical (unpaired) electrons. The van der Waals surface area contributed by atoms with Crippen molar-refractivity contribution in [2.45, 2.75) is 20.0 Å². The third-order valence-electron chi connectivity index (χ3n) is 4.18. The van der Waals surface area contributed by atoms with Gasteiger partial charge in [-0.25, -0.2) is 0 Å². The van der Waals surface area contributed by atoms with E-state index in [1.165, 1.54) is 0 Å². The molecule has 1 atom stereocenters. The van der Waals surface area contributed by atoms with Gasteiger partial charge >= 0.3 is 0 Å². The van der Waals surface area contributed by atoms with Gasteiger partial charge < -0.3 is 15.0 Å². The third kappa shape index (κ3) is 4.25. The average molecular weight is 338 g/mol. The quantitative estimate of drug-likeness (QED) is 0.935. The van der Waals surface area contributed by atoms with E-state index >= 15 is 0 Å². The Morgan fingerprint density at radius 2 is 1.88 bits per heavy atom. The van der Waals surface area contributed by atoms with Crippen LogP contribution in [0.1, 0.15) is 33.2 Å². The zero-order valence-electron chi connectivity index (χ0n) is 14.5. The number of nitrogens with one attached hydrogen (secondary N) is 1. The molecule has 2 aromatic carbocycles. The summed E-state index contributed by atoms with van der Waals surface area (Å²) >= 11 is 0. The normalized spacial score (nSPS) is 17.2. The van der Waals surface area contributed by atoms with Gasteiger partial charge in [0.15, 0.2) is 0 Å². The number of morpholine rings is 1. The number of amides is 2. The van der Waals surface area contributed by atoms with E-state index in [1.54, 1.807) is 35.2 Å². The van der Waals surface area contributed by atoms with Gasteiger partial charge in [0.2, 0.25) is 0 Å². The number of ether oxygens (including phenoxy) is 1. The Morgan fingerprint density at radius 1 is 1.12 bits per heavy atom. The summed E-state index contributed by atoms with van der Waals surface area (Å²) in [6.45, 7) is 5.62. The molecular formula is C20H22N2O3. The van der Waals surface area contributed by atoms with Crippen LogP contribution >= 0.6 is 0 Å². The zero-order chi connectivity index (χ0) is 17.8. The minimum atomic E-state index is -0.187. The number of anilines is 1. The summed E-state index contributed by atoms with van der Waals surface area (Å²) in [5.74, 6) is -0.227. The van der Waals surface area contributed by atoms with Crippen LogP contribution in [0.15, 0.2) is 48.5 Å². The zero-order valence-corrected chi connectivity index (χ0v) is 14.5. The van der Waals surface area contributed by atoms with Crippen LogP contribution in [0.2, 0.25) is 0 Å². The molecule has 2 amide bonds. The molecule has 1 fully saturated rings. The van der Waals surface area contributed by atoms with Crippen molar-refractivity contribution in [1.82, 2.24) is 4.90 Å². The van der Waals surface area contributed by atoms with Crippen LogP contribution in [0.4, 0.5) is 5.69 Å². The second-order valence-corrected chi connectivity index (χ2v) is 6.34. The molecule has 1 N–H and O–H groups in total. The van der Waals surface area contributed by atoms with Gasteiger partial charge in [0, 0.05) is 29.9 Å². The summed E-state index contributed by atoms with van der Waals surface area (Å²) in [6.07, 6.45) is 0.0434. The molecule has 1 aliphatic heterocycles. The molecule has 130 valence electrons. The highest BCUT2D eigenvalue weighted by molar-refractivity contribution is 6.05. The predicted molar refractivity (Wildman–Crippen MR) is 96.9 cm³/mol. The molecule has 1 saturated heterocycles. The van der Waals surface area contributed by atoms with Gasteiger partial charge in [0.25, 0.3) is 11.8 Å². The van der Waals surface area contributed by atoms with Crippen molar-refractivity contribution in [3.8, 4) is 0 Å². The highest BCUT2D eigenvalue weighted by Crippen LogP contribution is 2.16. The number of benzene rings is 2. The molecule has 5 heteroatoms. The molecule has 1 heterocycles. The first kappa shape index (κ1) is 17.2. The lowest BCUT2D eigenvalue weighted by Gasteiger charge is -2.31. The Labute approximate surface area is 147 Å². The fourth-order valence-corrected chi connectivity index (χ4v) is 2.91. The lowest BCUT2D eigenvalue weighted by atomic mass is 10.1. The molecule has 1 aliphatic rings. The fraction of sp³-hybridized carbons (Fsp3) is 0.300. The van der Waals surface area contributed by atoms with Crippen LogP contribution in [0.5, 0.6) is 0 Å². The predicted octanol–water partition coefficient (Wildman–Crippen LogP) is 3.11. The number of hydrogen-bond acceptors (Lipinski definition) is 3. The highest BCUT2D eigenvalue weighted by Gasteiger charge is 2.22. The molecule has 0 aliphatic carbocycles. The molecule has 0 spiro atoms. The lowest BCUT2D eigenvalue weighted by Crippen LogP contribution is -2.44. The van der Waals surface area contributed by atoms with Gasteiger partial charge in [-0.15, -0.1) is 0 Å². The second-order valence-electron chi connectivity index (χ2n) is 6.34. The molecule has 2 aromatic rings. The first-order chi connectivity index (χ1) is 12.0. The van der Waals surface area contributed by atoms with Crippen LogP contribution < -0.4 is 5.32 Å². The maximum Gasteiger partial charge on any atom is 0.255 e. The molecule has 0 aromatic heterocycles. The summed E-state index contributed by atoms with van der Waals surface area (Å²) < 4.78 is 5.48. The molecule has 5 nitrogen and oxygen atoms in total. The molecule has 1 unspecified atom stereocenters. The standard InChI is InChI=1S/C20H22N2O3/c1-14-5-3-6-16(11-14)19(23)21-18-8-4-7-17(12-18)20(24)22-9-10-25-15(2)13-22/h3-8,11-12,15H,9-10,13H2,1-2H3,(H,21,23). The van der Waals surface area contributed by atoms with Gasteiger partial charge in [0.1, 0.15) is 0 Å². The van der Waals surface area contributed by atoms with Gasteiger partial charge in [0.05, 0.1) is 12.7 Å². The Hall–Kier alpha value is -2.66. The summed E-state index contributed by atoms with van der Waals surface area (Å²) in [5.41, 5.74) is 2.80. The first-order valence-electron chi connectivity index (χ1n) is 8.42. The van der Waals surface area contributed by atoms with Crippen molar-refractivity contribution < 1.29 is 14.3 Å². The van der Waals surface area contributed by atoms with E-state index in [1.807, 2.05) is 32.0 Å². The molecule has 3 rings (SSSR count). The number of aryl methyl sites for hydroxylation is 1. The Kier molecular flexibility index (Phi) is 5.14. The van der Waals surface area contributed by atoms with Crippen molar-refractivity contribution >= 4 is 17.5 Å². The van der Waals surface area contributed by atoms with Gasteiger partial charge in [-0.2, -0.15) is 0 Å². The van der Waals surface area contributed by atoms with Crippen molar-refractivity contribution in [2.24, 2.45) is 0 Å². The summed E-state index contributed by atoms with van der Waals surface area (Å²) in [7, 11) is 0. The van der Waals surface area contributed by atoms with E-state index < -0.39 is 0 Å². The number of hydrogen-bond donors (Lipinski definition) is 1. The van der Waals surface area contributed by atoms with Gasteiger partial charge in [-0.1, -0.05) is 23.8 Å². The van der Waals surface area contributed by atoms with Crippen molar-refractivity contribution in [3.63, 3.8) is 0 Å². The lowest BCUT2D eigenvalue weighted by molar-refractivity contribution is -0.0124. The van der Waals surface area contributed by atoms with Crippen LogP contribution in [0.3, 0.4) is 0 Å². The van der Waals surface area contributed by atoms with Crippen LogP contribution in [-0.4, -0.2) is 42.5 Å². The SMILES string of the molecule is Cc1cccc(C(=O)Nc2cccc(C(=O)N3CCOC(C)C3)c2)c1. The first-order valence-corrected chi connectivity index (χ1v) is 8.42. The van der Waals surface area contributed by atoms with Crippen LogP contribution in [0, 0.1) is 6.92 Å². The largest absolute Gasteiger partial charge is 0.375 e. The minimum absolute atomic E-state index is 0.0400. The monoisotopic (exact) mass is 338 g/mol. The van der Waals surface area contributed by atoms with E-state index in [9.17, 15) is 9.59 Å². The molecule has 0 saturated carbocycles. The Balaban J connectivity index is 1.73. The second kappa shape index (κ2) is 7.49. The number of carbonyl (C=O) groups is 2. The summed E-state index contributed by atoms with van der Waals surface area (Å²) in [6, 6.07) is 14.4. The topological polar surface area (TPSA) is 58.6 Å². The molecular weight excluding hydrogens is 316 g/mol.